The van der Waals surface area contributed by atoms with Crippen molar-refractivity contribution in [2.24, 2.45) is 5.92 Å². The minimum atomic E-state index is -0.289. The van der Waals surface area contributed by atoms with Crippen LogP contribution < -0.4 is 5.32 Å². The van der Waals surface area contributed by atoms with E-state index in [2.05, 4.69) is 11.4 Å². The number of carbonyl (C=O) groups is 2. The lowest BCUT2D eigenvalue weighted by atomic mass is 9.88. The van der Waals surface area contributed by atoms with Crippen LogP contribution in [0.3, 0.4) is 0 Å². The highest BCUT2D eigenvalue weighted by molar-refractivity contribution is 7.16. The van der Waals surface area contributed by atoms with Gasteiger partial charge in [-0.2, -0.15) is 16.6 Å². The number of nitriles is 1. The van der Waals surface area contributed by atoms with Gasteiger partial charge in [0.25, 0.3) is 0 Å². The third kappa shape index (κ3) is 5.34. The quantitative estimate of drug-likeness (QED) is 0.688. The first-order valence-electron chi connectivity index (χ1n) is 10.2. The summed E-state index contributed by atoms with van der Waals surface area (Å²) in [5, 5.41) is 17.0. The van der Waals surface area contributed by atoms with E-state index in [9.17, 15) is 14.9 Å². The van der Waals surface area contributed by atoms with E-state index in [1.807, 2.05) is 16.8 Å². The van der Waals surface area contributed by atoms with E-state index in [4.69, 9.17) is 9.47 Å². The molecule has 0 bridgehead atoms. The number of hydrogen-bond donors (Lipinski definition) is 1. The molecule has 4 rings (SSSR count). The van der Waals surface area contributed by atoms with Gasteiger partial charge in [0, 0.05) is 24.0 Å². The molecule has 2 aromatic heterocycles. The summed E-state index contributed by atoms with van der Waals surface area (Å²) in [5.74, 6) is -0.0398. The highest BCUT2D eigenvalue weighted by Crippen LogP contribution is 2.39. The van der Waals surface area contributed by atoms with Crippen LogP contribution in [0.5, 0.6) is 0 Å². The summed E-state index contributed by atoms with van der Waals surface area (Å²) in [4.78, 5) is 27.3. The van der Waals surface area contributed by atoms with Crippen LogP contribution in [-0.2, 0) is 27.1 Å². The third-order valence-corrected chi connectivity index (χ3v) is 7.27. The van der Waals surface area contributed by atoms with Crippen LogP contribution >= 0.6 is 22.7 Å². The van der Waals surface area contributed by atoms with Crippen LogP contribution in [0, 0.1) is 17.2 Å². The van der Waals surface area contributed by atoms with E-state index < -0.39 is 0 Å². The van der Waals surface area contributed by atoms with Crippen molar-refractivity contribution in [3.63, 3.8) is 0 Å². The number of rotatable bonds is 5. The maximum absolute atomic E-state index is 12.3. The smallest absolute Gasteiger partial charge is 0.409 e. The number of carbonyl (C=O) groups excluding carboxylic acids is 2. The van der Waals surface area contributed by atoms with Crippen molar-refractivity contribution < 1.29 is 19.1 Å². The molecule has 2 aliphatic rings. The molecule has 2 aromatic rings. The minimum absolute atomic E-state index is 0.213. The summed E-state index contributed by atoms with van der Waals surface area (Å²) in [6, 6.07) is 4.19. The van der Waals surface area contributed by atoms with Gasteiger partial charge in [-0.25, -0.2) is 4.79 Å². The Morgan fingerprint density at radius 2 is 2.23 bits per heavy atom. The lowest BCUT2D eigenvalue weighted by molar-refractivity contribution is -0.111. The molecule has 0 radical (unpaired) electrons. The maximum atomic E-state index is 12.3. The summed E-state index contributed by atoms with van der Waals surface area (Å²) in [5.41, 5.74) is 2.54. The molecule has 1 saturated heterocycles. The van der Waals surface area contributed by atoms with Crippen molar-refractivity contribution in [2.45, 2.75) is 19.3 Å². The van der Waals surface area contributed by atoms with Crippen molar-refractivity contribution in [3.05, 3.63) is 44.5 Å². The summed E-state index contributed by atoms with van der Waals surface area (Å²) < 4.78 is 10.8. The Labute approximate surface area is 188 Å². The number of fused-ring (bicyclic) bond motifs is 1. The first-order chi connectivity index (χ1) is 15.1. The molecule has 0 saturated carbocycles. The van der Waals surface area contributed by atoms with Crippen molar-refractivity contribution in [1.29, 1.82) is 5.26 Å². The Kier molecular flexibility index (Phi) is 7.02. The molecule has 7 nitrogen and oxygen atoms in total. The highest BCUT2D eigenvalue weighted by atomic mass is 32.1. The topological polar surface area (TPSA) is 91.7 Å². The first kappa shape index (κ1) is 21.6. The second kappa shape index (κ2) is 10.1. The first-order valence-corrected chi connectivity index (χ1v) is 12.0. The summed E-state index contributed by atoms with van der Waals surface area (Å²) in [7, 11) is 0. The van der Waals surface area contributed by atoms with Crippen LogP contribution in [0.1, 0.15) is 28.0 Å². The van der Waals surface area contributed by atoms with E-state index in [1.165, 1.54) is 17.4 Å². The molecule has 9 heteroatoms. The maximum Gasteiger partial charge on any atom is 0.409 e. The van der Waals surface area contributed by atoms with Gasteiger partial charge < -0.3 is 19.7 Å². The number of anilines is 1. The van der Waals surface area contributed by atoms with E-state index in [0.717, 1.165) is 35.3 Å². The lowest BCUT2D eigenvalue weighted by Gasteiger charge is -2.27. The molecule has 3 heterocycles. The van der Waals surface area contributed by atoms with E-state index >= 15 is 0 Å². The lowest BCUT2D eigenvalue weighted by Crippen LogP contribution is -2.41. The standard InChI is InChI=1S/C22H23N3O4S2/c23-12-18-17-3-1-16(13-29-22(27)25-6-8-28-9-7-25)11-19(17)31-21(18)24-20(26)4-2-15-5-10-30-14-15/h2,4-5,10,14,16H,1,3,6-9,11,13H2,(H,24,26). The zero-order chi connectivity index (χ0) is 21.6. The van der Waals surface area contributed by atoms with Crippen LogP contribution in [0.25, 0.3) is 6.08 Å². The van der Waals surface area contributed by atoms with E-state index in [-0.39, 0.29) is 17.9 Å². The number of nitrogens with one attached hydrogen (secondary N) is 1. The van der Waals surface area contributed by atoms with Crippen molar-refractivity contribution in [3.8, 4) is 6.07 Å². The number of morpholine rings is 1. The van der Waals surface area contributed by atoms with Gasteiger partial charge in [-0.3, -0.25) is 4.79 Å². The van der Waals surface area contributed by atoms with E-state index in [0.29, 0.717) is 43.5 Å². The zero-order valence-corrected chi connectivity index (χ0v) is 18.6. The van der Waals surface area contributed by atoms with Crippen molar-refractivity contribution in [2.75, 3.05) is 38.2 Å². The molecule has 1 fully saturated rings. The third-order valence-electron chi connectivity index (χ3n) is 5.40. The summed E-state index contributed by atoms with van der Waals surface area (Å²) >= 11 is 3.02. The Morgan fingerprint density at radius 3 is 2.97 bits per heavy atom. The van der Waals surface area contributed by atoms with Gasteiger partial charge in [0.1, 0.15) is 11.1 Å². The van der Waals surface area contributed by atoms with Crippen LogP contribution in [0.15, 0.2) is 22.9 Å². The largest absolute Gasteiger partial charge is 0.449 e. The Balaban J connectivity index is 1.36. The number of ether oxygens (including phenoxy) is 2. The fourth-order valence-electron chi connectivity index (χ4n) is 3.72. The predicted octanol–water partition coefficient (Wildman–Crippen LogP) is 3.91. The number of amides is 2. The van der Waals surface area contributed by atoms with Gasteiger partial charge in [0.05, 0.1) is 25.4 Å². The van der Waals surface area contributed by atoms with Gasteiger partial charge >= 0.3 is 6.09 Å². The van der Waals surface area contributed by atoms with Gasteiger partial charge in [-0.15, -0.1) is 11.3 Å². The molecule has 0 spiro atoms. The van der Waals surface area contributed by atoms with Gasteiger partial charge in [0.2, 0.25) is 5.91 Å². The minimum Gasteiger partial charge on any atom is -0.449 e. The number of hydrogen-bond acceptors (Lipinski definition) is 7. The molecular formula is C22H23N3O4S2. The van der Waals surface area contributed by atoms with Crippen molar-refractivity contribution in [1.82, 2.24) is 4.90 Å². The summed E-state index contributed by atoms with van der Waals surface area (Å²) in [6.45, 7) is 2.58. The zero-order valence-electron chi connectivity index (χ0n) is 17.0. The average molecular weight is 458 g/mol. The molecular weight excluding hydrogens is 434 g/mol. The molecule has 1 atom stereocenters. The van der Waals surface area contributed by atoms with Crippen LogP contribution in [0.2, 0.25) is 0 Å². The normalized spacial score (nSPS) is 18.4. The second-order valence-electron chi connectivity index (χ2n) is 7.48. The number of thiophene rings is 2. The highest BCUT2D eigenvalue weighted by Gasteiger charge is 2.28. The van der Waals surface area contributed by atoms with Gasteiger partial charge in [0.15, 0.2) is 0 Å². The molecule has 2 amide bonds. The van der Waals surface area contributed by atoms with E-state index in [1.54, 1.807) is 22.3 Å². The fourth-order valence-corrected chi connectivity index (χ4v) is 5.67. The molecule has 0 aromatic carbocycles. The Hall–Kier alpha value is -2.67. The monoisotopic (exact) mass is 457 g/mol. The average Bonchev–Trinajstić information content (AvgIpc) is 3.43. The van der Waals surface area contributed by atoms with Crippen LogP contribution in [-0.4, -0.2) is 49.8 Å². The van der Waals surface area contributed by atoms with Gasteiger partial charge in [-0.1, -0.05) is 0 Å². The predicted molar refractivity (Wildman–Crippen MR) is 120 cm³/mol. The van der Waals surface area contributed by atoms with Gasteiger partial charge in [-0.05, 0) is 59.2 Å². The SMILES string of the molecule is N#Cc1c(NC(=O)C=Cc2ccsc2)sc2c1CCC(COC(=O)N1CCOCC1)C2. The molecule has 31 heavy (non-hydrogen) atoms. The van der Waals surface area contributed by atoms with Crippen LogP contribution in [0.4, 0.5) is 9.80 Å². The molecule has 1 unspecified atom stereocenters. The molecule has 162 valence electrons. The van der Waals surface area contributed by atoms with Crippen molar-refractivity contribution >= 4 is 45.8 Å². The summed E-state index contributed by atoms with van der Waals surface area (Å²) in [6.07, 6.45) is 5.28. The molecule has 1 aliphatic carbocycles. The fraction of sp³-hybridized carbons (Fsp3) is 0.409. The molecule has 1 aliphatic heterocycles. The second-order valence-corrected chi connectivity index (χ2v) is 9.37. The molecule has 1 N–H and O–H groups in total. The Bertz CT molecular complexity index is 1000. The Morgan fingerprint density at radius 1 is 1.39 bits per heavy atom. The number of nitrogens with zero attached hydrogens (tertiary/aromatic N) is 2.